The van der Waals surface area contributed by atoms with Crippen LogP contribution in [0.4, 0.5) is 0 Å². The average molecular weight is 214 g/mol. The van der Waals surface area contributed by atoms with Crippen LogP contribution in [0.2, 0.25) is 0 Å². The molecule has 2 N–H and O–H groups in total. The summed E-state index contributed by atoms with van der Waals surface area (Å²) < 4.78 is 0. The van der Waals surface area contributed by atoms with Gasteiger partial charge in [0.2, 0.25) is 0 Å². The van der Waals surface area contributed by atoms with Crippen molar-refractivity contribution in [3.8, 4) is 0 Å². The molecule has 0 aliphatic rings. The molecule has 0 saturated heterocycles. The molecule has 0 spiro atoms. The molecule has 5 heteroatoms. The number of carbonyl (C=O) groups is 2. The molecule has 76 valence electrons. The van der Waals surface area contributed by atoms with Gasteiger partial charge in [0.05, 0.1) is 0 Å². The van der Waals surface area contributed by atoms with Crippen LogP contribution >= 0.6 is 11.3 Å². The second-order valence-electron chi connectivity index (χ2n) is 2.90. The van der Waals surface area contributed by atoms with E-state index >= 15 is 0 Å². The first-order valence-electron chi connectivity index (χ1n) is 4.08. The molecule has 0 fully saturated rings. The number of carboxylic acids is 2. The molecule has 0 bridgehead atoms. The van der Waals surface area contributed by atoms with Crippen LogP contribution in [0, 0.1) is 5.92 Å². The van der Waals surface area contributed by atoms with Crippen LogP contribution in [0.5, 0.6) is 0 Å². The quantitative estimate of drug-likeness (QED) is 0.728. The lowest BCUT2D eigenvalue weighted by molar-refractivity contribution is -0.154. The van der Waals surface area contributed by atoms with Gasteiger partial charge in [-0.2, -0.15) is 11.3 Å². The van der Waals surface area contributed by atoms with Gasteiger partial charge in [0.15, 0.2) is 5.92 Å². The molecular weight excluding hydrogens is 204 g/mol. The SMILES string of the molecule is O=C(O)C(CCc1ccsc1)C(=O)O. The Morgan fingerprint density at radius 1 is 1.36 bits per heavy atom. The van der Waals surface area contributed by atoms with E-state index in [4.69, 9.17) is 10.2 Å². The van der Waals surface area contributed by atoms with Crippen molar-refractivity contribution in [2.45, 2.75) is 12.8 Å². The van der Waals surface area contributed by atoms with E-state index in [1.807, 2.05) is 16.8 Å². The van der Waals surface area contributed by atoms with Gasteiger partial charge in [-0.3, -0.25) is 9.59 Å². The summed E-state index contributed by atoms with van der Waals surface area (Å²) in [4.78, 5) is 21.0. The Labute approximate surface area is 84.8 Å². The molecule has 0 unspecified atom stereocenters. The number of carboxylic acid groups (broad SMARTS) is 2. The van der Waals surface area contributed by atoms with Crippen molar-refractivity contribution in [3.05, 3.63) is 22.4 Å². The van der Waals surface area contributed by atoms with Crippen molar-refractivity contribution in [1.29, 1.82) is 0 Å². The molecule has 1 heterocycles. The second kappa shape index (κ2) is 4.76. The molecule has 4 nitrogen and oxygen atoms in total. The Morgan fingerprint density at radius 3 is 2.43 bits per heavy atom. The van der Waals surface area contributed by atoms with E-state index in [-0.39, 0.29) is 6.42 Å². The van der Waals surface area contributed by atoms with E-state index < -0.39 is 17.9 Å². The van der Waals surface area contributed by atoms with E-state index in [0.717, 1.165) is 5.56 Å². The lowest BCUT2D eigenvalue weighted by atomic mass is 10.0. The third-order valence-electron chi connectivity index (χ3n) is 1.90. The zero-order valence-corrected chi connectivity index (χ0v) is 8.16. The molecular formula is C9H10O4S. The van der Waals surface area contributed by atoms with Gasteiger partial charge in [0, 0.05) is 0 Å². The number of hydrogen-bond donors (Lipinski definition) is 2. The third-order valence-corrected chi connectivity index (χ3v) is 2.63. The summed E-state index contributed by atoms with van der Waals surface area (Å²) >= 11 is 1.51. The van der Waals surface area contributed by atoms with Crippen molar-refractivity contribution in [2.75, 3.05) is 0 Å². The van der Waals surface area contributed by atoms with Crippen molar-refractivity contribution < 1.29 is 19.8 Å². The molecule has 0 amide bonds. The molecule has 0 atom stereocenters. The minimum Gasteiger partial charge on any atom is -0.481 e. The topological polar surface area (TPSA) is 74.6 Å². The fourth-order valence-corrected chi connectivity index (χ4v) is 1.80. The molecule has 0 radical (unpaired) electrons. The highest BCUT2D eigenvalue weighted by molar-refractivity contribution is 7.07. The summed E-state index contributed by atoms with van der Waals surface area (Å²) in [6.07, 6.45) is 0.633. The Balaban J connectivity index is 2.49. The van der Waals surface area contributed by atoms with Crippen LogP contribution in [-0.2, 0) is 16.0 Å². The van der Waals surface area contributed by atoms with Crippen LogP contribution in [0.25, 0.3) is 0 Å². The first kappa shape index (κ1) is 10.7. The monoisotopic (exact) mass is 214 g/mol. The summed E-state index contributed by atoms with van der Waals surface area (Å²) in [5.74, 6) is -3.84. The second-order valence-corrected chi connectivity index (χ2v) is 3.68. The highest BCUT2D eigenvalue weighted by Gasteiger charge is 2.24. The smallest absolute Gasteiger partial charge is 0.317 e. The van der Waals surface area contributed by atoms with Crippen molar-refractivity contribution in [2.24, 2.45) is 5.92 Å². The summed E-state index contributed by atoms with van der Waals surface area (Å²) in [6, 6.07) is 1.87. The molecule has 0 aliphatic heterocycles. The van der Waals surface area contributed by atoms with E-state index in [9.17, 15) is 9.59 Å². The summed E-state index contributed by atoms with van der Waals surface area (Å²) in [5.41, 5.74) is 0.988. The lowest BCUT2D eigenvalue weighted by Gasteiger charge is -2.05. The zero-order valence-electron chi connectivity index (χ0n) is 7.34. The number of aliphatic carboxylic acids is 2. The van der Waals surface area contributed by atoms with Gasteiger partial charge in [-0.1, -0.05) is 0 Å². The van der Waals surface area contributed by atoms with Crippen LogP contribution in [0.1, 0.15) is 12.0 Å². The van der Waals surface area contributed by atoms with Crippen LogP contribution in [0.3, 0.4) is 0 Å². The van der Waals surface area contributed by atoms with E-state index in [0.29, 0.717) is 6.42 Å². The maximum atomic E-state index is 10.5. The Kier molecular flexibility index (Phi) is 3.64. The summed E-state index contributed by atoms with van der Waals surface area (Å²) in [6.45, 7) is 0. The first-order chi connectivity index (χ1) is 6.61. The predicted molar refractivity (Wildman–Crippen MR) is 51.4 cm³/mol. The maximum Gasteiger partial charge on any atom is 0.317 e. The molecule has 1 aromatic rings. The van der Waals surface area contributed by atoms with Gasteiger partial charge in [-0.15, -0.1) is 0 Å². The van der Waals surface area contributed by atoms with Gasteiger partial charge in [-0.25, -0.2) is 0 Å². The minimum atomic E-state index is -1.30. The Bertz CT molecular complexity index is 304. The molecule has 1 rings (SSSR count). The minimum absolute atomic E-state index is 0.140. The normalized spacial score (nSPS) is 10.4. The van der Waals surface area contributed by atoms with E-state index in [1.165, 1.54) is 11.3 Å². The largest absolute Gasteiger partial charge is 0.481 e. The summed E-state index contributed by atoms with van der Waals surface area (Å²) in [7, 11) is 0. The average Bonchev–Trinajstić information content (AvgIpc) is 2.55. The van der Waals surface area contributed by atoms with E-state index in [2.05, 4.69) is 0 Å². The van der Waals surface area contributed by atoms with Gasteiger partial charge in [0.1, 0.15) is 0 Å². The van der Waals surface area contributed by atoms with Crippen LogP contribution in [0.15, 0.2) is 16.8 Å². The number of aryl methyl sites for hydroxylation is 1. The number of thiophene rings is 1. The molecule has 1 aromatic heterocycles. The highest BCUT2D eigenvalue weighted by Crippen LogP contribution is 2.13. The zero-order chi connectivity index (χ0) is 10.6. The summed E-state index contributed by atoms with van der Waals surface area (Å²) in [5, 5.41) is 21.0. The third kappa shape index (κ3) is 2.85. The van der Waals surface area contributed by atoms with Gasteiger partial charge < -0.3 is 10.2 Å². The molecule has 14 heavy (non-hydrogen) atoms. The van der Waals surface area contributed by atoms with E-state index in [1.54, 1.807) is 0 Å². The predicted octanol–water partition coefficient (Wildman–Crippen LogP) is 1.47. The van der Waals surface area contributed by atoms with Crippen molar-refractivity contribution >= 4 is 23.3 Å². The van der Waals surface area contributed by atoms with Crippen molar-refractivity contribution in [3.63, 3.8) is 0 Å². The Hall–Kier alpha value is -1.36. The fraction of sp³-hybridized carbons (Fsp3) is 0.333. The van der Waals surface area contributed by atoms with Crippen LogP contribution < -0.4 is 0 Å². The highest BCUT2D eigenvalue weighted by atomic mass is 32.1. The molecule has 0 aromatic carbocycles. The number of rotatable bonds is 5. The van der Waals surface area contributed by atoms with Gasteiger partial charge >= 0.3 is 11.9 Å². The van der Waals surface area contributed by atoms with Gasteiger partial charge in [0.25, 0.3) is 0 Å². The van der Waals surface area contributed by atoms with Gasteiger partial charge in [-0.05, 0) is 35.2 Å². The molecule has 0 aliphatic carbocycles. The van der Waals surface area contributed by atoms with Crippen LogP contribution in [-0.4, -0.2) is 22.2 Å². The first-order valence-corrected chi connectivity index (χ1v) is 5.02. The molecule has 0 saturated carbocycles. The Morgan fingerprint density at radius 2 is 2.00 bits per heavy atom. The fourth-order valence-electron chi connectivity index (χ4n) is 1.10. The lowest BCUT2D eigenvalue weighted by Crippen LogP contribution is -2.23. The maximum absolute atomic E-state index is 10.5. The standard InChI is InChI=1S/C9H10O4S/c10-8(11)7(9(12)13)2-1-6-3-4-14-5-6/h3-5,7H,1-2H2,(H,10,11)(H,12,13). The van der Waals surface area contributed by atoms with Crippen molar-refractivity contribution in [1.82, 2.24) is 0 Å². The number of hydrogen-bond acceptors (Lipinski definition) is 3.